The van der Waals surface area contributed by atoms with Crippen LogP contribution in [-0.4, -0.2) is 17.1 Å². The number of rotatable bonds is 7. The summed E-state index contributed by atoms with van der Waals surface area (Å²) in [7, 11) is 0. The maximum absolute atomic E-state index is 10.5. The van der Waals surface area contributed by atoms with E-state index in [0.29, 0.717) is 6.42 Å². The van der Waals surface area contributed by atoms with Crippen LogP contribution in [0.5, 0.6) is 0 Å². The third-order valence-electron chi connectivity index (χ3n) is 2.16. The summed E-state index contributed by atoms with van der Waals surface area (Å²) in [5, 5.41) is 8.59. The van der Waals surface area contributed by atoms with Crippen molar-refractivity contribution in [3.8, 4) is 0 Å². The Bertz CT molecular complexity index is 200. The van der Waals surface area contributed by atoms with Crippen molar-refractivity contribution < 1.29 is 9.90 Å². The summed E-state index contributed by atoms with van der Waals surface area (Å²) in [4.78, 5) is 10.5. The zero-order valence-electron chi connectivity index (χ0n) is 11.1. The van der Waals surface area contributed by atoms with Crippen LogP contribution in [-0.2, 0) is 4.79 Å². The average molecular weight is 229 g/mol. The minimum Gasteiger partial charge on any atom is -0.480 e. The molecule has 0 heterocycles. The van der Waals surface area contributed by atoms with Crippen LogP contribution in [0.15, 0.2) is 11.6 Å². The standard InChI is InChI=1S/C11H21NO2.C2H6/c1-3-4-5-6-7-9(2)8-10(12)11(13)14;1-2/h7,10H,3-6,8,12H2,1-2H3,(H,13,14);1-2H3/b9-7+;. The highest BCUT2D eigenvalue weighted by Crippen LogP contribution is 2.07. The Morgan fingerprint density at radius 1 is 1.38 bits per heavy atom. The first-order valence-corrected chi connectivity index (χ1v) is 6.22. The van der Waals surface area contributed by atoms with E-state index in [9.17, 15) is 4.79 Å². The number of unbranched alkanes of at least 4 members (excludes halogenated alkanes) is 3. The van der Waals surface area contributed by atoms with E-state index in [0.717, 1.165) is 12.0 Å². The van der Waals surface area contributed by atoms with E-state index in [1.54, 1.807) is 0 Å². The molecule has 0 aromatic heterocycles. The average Bonchev–Trinajstić information content (AvgIpc) is 2.27. The Morgan fingerprint density at radius 3 is 2.38 bits per heavy atom. The van der Waals surface area contributed by atoms with Crippen molar-refractivity contribution in [3.05, 3.63) is 11.6 Å². The summed E-state index contributed by atoms with van der Waals surface area (Å²) in [6.07, 6.45) is 7.21. The molecule has 3 heteroatoms. The minimum atomic E-state index is -0.925. The predicted octanol–water partition coefficient (Wildman–Crippen LogP) is 3.34. The molecule has 3 N–H and O–H groups in total. The normalized spacial score (nSPS) is 12.7. The van der Waals surface area contributed by atoms with E-state index < -0.39 is 12.0 Å². The lowest BCUT2D eigenvalue weighted by Crippen LogP contribution is -2.30. The molecule has 0 saturated heterocycles. The summed E-state index contributed by atoms with van der Waals surface area (Å²) >= 11 is 0. The second kappa shape index (κ2) is 12.2. The van der Waals surface area contributed by atoms with Crippen LogP contribution in [0.3, 0.4) is 0 Å². The molecule has 0 aliphatic carbocycles. The molecule has 0 bridgehead atoms. The van der Waals surface area contributed by atoms with Gasteiger partial charge in [-0.15, -0.1) is 0 Å². The summed E-state index contributed by atoms with van der Waals surface area (Å²) in [5.74, 6) is -0.925. The molecule has 96 valence electrons. The Hall–Kier alpha value is -0.830. The predicted molar refractivity (Wildman–Crippen MR) is 69.5 cm³/mol. The second-order valence-corrected chi connectivity index (χ2v) is 3.70. The van der Waals surface area contributed by atoms with Gasteiger partial charge in [0.25, 0.3) is 0 Å². The van der Waals surface area contributed by atoms with Crippen molar-refractivity contribution in [3.63, 3.8) is 0 Å². The van der Waals surface area contributed by atoms with E-state index in [-0.39, 0.29) is 0 Å². The molecule has 0 rings (SSSR count). The van der Waals surface area contributed by atoms with Crippen LogP contribution < -0.4 is 5.73 Å². The first kappa shape index (κ1) is 17.6. The van der Waals surface area contributed by atoms with Crippen LogP contribution in [0.25, 0.3) is 0 Å². The van der Waals surface area contributed by atoms with E-state index >= 15 is 0 Å². The van der Waals surface area contributed by atoms with Gasteiger partial charge in [0.05, 0.1) is 0 Å². The van der Waals surface area contributed by atoms with Gasteiger partial charge >= 0.3 is 5.97 Å². The Kier molecular flexibility index (Phi) is 13.4. The summed E-state index contributed by atoms with van der Waals surface area (Å²) in [6.45, 7) is 8.10. The smallest absolute Gasteiger partial charge is 0.320 e. The zero-order chi connectivity index (χ0) is 13.0. The molecule has 1 unspecified atom stereocenters. The van der Waals surface area contributed by atoms with Gasteiger partial charge in [0.2, 0.25) is 0 Å². The van der Waals surface area contributed by atoms with Gasteiger partial charge in [-0.3, -0.25) is 4.79 Å². The van der Waals surface area contributed by atoms with Crippen molar-refractivity contribution in [2.24, 2.45) is 5.73 Å². The molecule has 0 aromatic rings. The third-order valence-corrected chi connectivity index (χ3v) is 2.16. The van der Waals surface area contributed by atoms with Gasteiger partial charge in [-0.2, -0.15) is 0 Å². The Morgan fingerprint density at radius 2 is 1.94 bits per heavy atom. The number of carboxylic acid groups (broad SMARTS) is 1. The molecule has 3 nitrogen and oxygen atoms in total. The molecule has 0 amide bonds. The number of aliphatic carboxylic acids is 1. The number of hydrogen-bond donors (Lipinski definition) is 2. The van der Waals surface area contributed by atoms with E-state index in [1.807, 2.05) is 20.8 Å². The molecule has 0 aliphatic rings. The number of nitrogens with two attached hydrogens (primary N) is 1. The molecule has 0 spiro atoms. The third kappa shape index (κ3) is 11.2. The fourth-order valence-electron chi connectivity index (χ4n) is 1.26. The van der Waals surface area contributed by atoms with Gasteiger partial charge in [-0.05, 0) is 26.2 Å². The second-order valence-electron chi connectivity index (χ2n) is 3.70. The Labute approximate surface area is 99.7 Å². The monoisotopic (exact) mass is 229 g/mol. The van der Waals surface area contributed by atoms with Crippen LogP contribution >= 0.6 is 0 Å². The maximum Gasteiger partial charge on any atom is 0.320 e. The fraction of sp³-hybridized carbons (Fsp3) is 0.769. The first-order valence-electron chi connectivity index (χ1n) is 6.22. The highest BCUT2D eigenvalue weighted by molar-refractivity contribution is 5.73. The number of hydrogen-bond acceptors (Lipinski definition) is 2. The molecule has 1 atom stereocenters. The lowest BCUT2D eigenvalue weighted by molar-refractivity contribution is -0.138. The lowest BCUT2D eigenvalue weighted by Gasteiger charge is -2.06. The fourth-order valence-corrected chi connectivity index (χ4v) is 1.26. The summed E-state index contributed by atoms with van der Waals surface area (Å²) < 4.78 is 0. The van der Waals surface area contributed by atoms with E-state index in [4.69, 9.17) is 10.8 Å². The van der Waals surface area contributed by atoms with Gasteiger partial charge in [-0.25, -0.2) is 0 Å². The molecule has 0 radical (unpaired) electrons. The van der Waals surface area contributed by atoms with Crippen molar-refractivity contribution >= 4 is 5.97 Å². The van der Waals surface area contributed by atoms with Crippen molar-refractivity contribution in [1.82, 2.24) is 0 Å². The largest absolute Gasteiger partial charge is 0.480 e. The van der Waals surface area contributed by atoms with Crippen molar-refractivity contribution in [2.45, 2.75) is 65.8 Å². The van der Waals surface area contributed by atoms with E-state index in [2.05, 4.69) is 13.0 Å². The molecule has 0 saturated carbocycles. The van der Waals surface area contributed by atoms with Crippen molar-refractivity contribution in [2.75, 3.05) is 0 Å². The van der Waals surface area contributed by atoms with Crippen LogP contribution in [0.2, 0.25) is 0 Å². The van der Waals surface area contributed by atoms with Gasteiger partial charge in [-0.1, -0.05) is 45.3 Å². The Balaban J connectivity index is 0. The number of allylic oxidation sites excluding steroid dienone is 1. The van der Waals surface area contributed by atoms with Crippen LogP contribution in [0, 0.1) is 0 Å². The van der Waals surface area contributed by atoms with Gasteiger partial charge in [0.1, 0.15) is 6.04 Å². The summed E-state index contributed by atoms with van der Waals surface area (Å²) in [5.41, 5.74) is 6.49. The highest BCUT2D eigenvalue weighted by Gasteiger charge is 2.10. The van der Waals surface area contributed by atoms with Gasteiger partial charge in [0.15, 0.2) is 0 Å². The van der Waals surface area contributed by atoms with Crippen molar-refractivity contribution in [1.29, 1.82) is 0 Å². The number of carboxylic acids is 1. The topological polar surface area (TPSA) is 63.3 Å². The SMILES string of the molecule is CC.CCCCC/C=C(\C)CC(N)C(=O)O. The van der Waals surface area contributed by atoms with Gasteiger partial charge < -0.3 is 10.8 Å². The first-order chi connectivity index (χ1) is 7.57. The van der Waals surface area contributed by atoms with Gasteiger partial charge in [0, 0.05) is 0 Å². The lowest BCUT2D eigenvalue weighted by atomic mass is 10.1. The highest BCUT2D eigenvalue weighted by atomic mass is 16.4. The van der Waals surface area contributed by atoms with E-state index in [1.165, 1.54) is 19.3 Å². The molecule has 16 heavy (non-hydrogen) atoms. The molecular weight excluding hydrogens is 202 g/mol. The molecule has 0 aromatic carbocycles. The zero-order valence-corrected chi connectivity index (χ0v) is 11.1. The molecule has 0 aliphatic heterocycles. The van der Waals surface area contributed by atoms with Crippen LogP contribution in [0.4, 0.5) is 0 Å². The number of carbonyl (C=O) groups is 1. The quantitative estimate of drug-likeness (QED) is 0.520. The molecular formula is C13H27NO2. The maximum atomic E-state index is 10.5. The minimum absolute atomic E-state index is 0.460. The summed E-state index contributed by atoms with van der Waals surface area (Å²) in [6, 6.07) is -0.752. The van der Waals surface area contributed by atoms with Crippen LogP contribution in [0.1, 0.15) is 59.8 Å². The molecule has 0 fully saturated rings.